The van der Waals surface area contributed by atoms with E-state index in [2.05, 4.69) is 15.0 Å². The molecular formula is C21H25N3O4S. The molecule has 0 fully saturated rings. The van der Waals surface area contributed by atoms with E-state index in [4.69, 9.17) is 4.74 Å². The van der Waals surface area contributed by atoms with E-state index in [9.17, 15) is 13.2 Å². The third-order valence-corrected chi connectivity index (χ3v) is 5.86. The summed E-state index contributed by atoms with van der Waals surface area (Å²) in [6.07, 6.45) is 0.650. The summed E-state index contributed by atoms with van der Waals surface area (Å²) >= 11 is 0. The molecule has 0 aromatic heterocycles. The van der Waals surface area contributed by atoms with Gasteiger partial charge in [-0.2, -0.15) is 0 Å². The van der Waals surface area contributed by atoms with E-state index in [0.717, 1.165) is 5.75 Å². The number of rotatable bonds is 8. The molecule has 0 spiro atoms. The van der Waals surface area contributed by atoms with Crippen LogP contribution in [-0.2, 0) is 14.8 Å². The van der Waals surface area contributed by atoms with Crippen LogP contribution in [0.25, 0.3) is 0 Å². The largest absolute Gasteiger partial charge is 0.494 e. The van der Waals surface area contributed by atoms with Crippen LogP contribution in [0.4, 0.5) is 0 Å². The van der Waals surface area contributed by atoms with Crippen molar-refractivity contribution in [2.45, 2.75) is 31.2 Å². The highest BCUT2D eigenvalue weighted by Crippen LogP contribution is 2.23. The van der Waals surface area contributed by atoms with Crippen LogP contribution in [0.15, 0.2) is 64.5 Å². The molecule has 0 radical (unpaired) electrons. The van der Waals surface area contributed by atoms with Gasteiger partial charge < -0.3 is 10.1 Å². The van der Waals surface area contributed by atoms with E-state index in [0.29, 0.717) is 25.1 Å². The first-order valence-electron chi connectivity index (χ1n) is 9.54. The minimum atomic E-state index is -3.63. The van der Waals surface area contributed by atoms with Crippen molar-refractivity contribution in [2.75, 3.05) is 13.2 Å². The summed E-state index contributed by atoms with van der Waals surface area (Å²) in [4.78, 5) is 17.3. The van der Waals surface area contributed by atoms with Crippen molar-refractivity contribution >= 4 is 21.8 Å². The first kappa shape index (κ1) is 20.9. The van der Waals surface area contributed by atoms with Crippen molar-refractivity contribution in [1.82, 2.24) is 10.0 Å². The Morgan fingerprint density at radius 2 is 1.79 bits per heavy atom. The molecule has 0 bridgehead atoms. The summed E-state index contributed by atoms with van der Waals surface area (Å²) in [5.74, 6) is 0.662. The normalized spacial score (nSPS) is 16.9. The van der Waals surface area contributed by atoms with Gasteiger partial charge in [-0.25, -0.2) is 8.42 Å². The van der Waals surface area contributed by atoms with Gasteiger partial charge in [-0.15, -0.1) is 0 Å². The molecule has 0 saturated carbocycles. The van der Waals surface area contributed by atoms with Crippen LogP contribution >= 0.6 is 0 Å². The monoisotopic (exact) mass is 415 g/mol. The molecule has 0 aliphatic carbocycles. The summed E-state index contributed by atoms with van der Waals surface area (Å²) in [5.41, 5.74) is 0.488. The Bertz CT molecular complexity index is 988. The number of para-hydroxylation sites is 1. The van der Waals surface area contributed by atoms with E-state index in [-0.39, 0.29) is 22.6 Å². The van der Waals surface area contributed by atoms with Crippen LogP contribution in [0, 0.1) is 5.92 Å². The summed E-state index contributed by atoms with van der Waals surface area (Å²) in [6, 6.07) is 15.4. The van der Waals surface area contributed by atoms with Gasteiger partial charge >= 0.3 is 0 Å². The number of hydrogen-bond acceptors (Lipinski definition) is 5. The number of nitrogens with one attached hydrogen (secondary N) is 2. The first-order chi connectivity index (χ1) is 13.9. The van der Waals surface area contributed by atoms with Gasteiger partial charge in [-0.1, -0.05) is 44.2 Å². The molecule has 1 aliphatic heterocycles. The van der Waals surface area contributed by atoms with Crippen molar-refractivity contribution < 1.29 is 17.9 Å². The third-order valence-electron chi connectivity index (χ3n) is 4.46. The molecule has 1 atom stereocenters. The van der Waals surface area contributed by atoms with E-state index in [1.54, 1.807) is 18.2 Å². The SMILES string of the molecule is CC(C)[C@H](N=C1NS(=O)(=O)c2ccccc21)C(=O)NCCCOc1ccccc1. The molecule has 1 aliphatic rings. The van der Waals surface area contributed by atoms with E-state index < -0.39 is 16.1 Å². The number of ether oxygens (including phenoxy) is 1. The number of nitrogens with zero attached hydrogens (tertiary/aromatic N) is 1. The molecule has 2 aromatic carbocycles. The van der Waals surface area contributed by atoms with Crippen LogP contribution in [0.1, 0.15) is 25.8 Å². The Morgan fingerprint density at radius 3 is 2.52 bits per heavy atom. The zero-order valence-corrected chi connectivity index (χ0v) is 17.3. The smallest absolute Gasteiger partial charge is 0.263 e. The third kappa shape index (κ3) is 5.14. The number of aliphatic imine (C=N–C) groups is 1. The number of benzene rings is 2. The Morgan fingerprint density at radius 1 is 1.10 bits per heavy atom. The molecule has 0 saturated heterocycles. The van der Waals surface area contributed by atoms with Gasteiger partial charge in [0.2, 0.25) is 5.91 Å². The molecule has 2 aromatic rings. The maximum Gasteiger partial charge on any atom is 0.263 e. The zero-order chi connectivity index (χ0) is 20.9. The number of hydrogen-bond donors (Lipinski definition) is 2. The predicted octanol–water partition coefficient (Wildman–Crippen LogP) is 2.33. The Hall–Kier alpha value is -2.87. The fourth-order valence-corrected chi connectivity index (χ4v) is 4.21. The minimum Gasteiger partial charge on any atom is -0.494 e. The van der Waals surface area contributed by atoms with Crippen LogP contribution in [0.5, 0.6) is 5.75 Å². The second-order valence-corrected chi connectivity index (χ2v) is 8.73. The molecule has 8 heteroatoms. The van der Waals surface area contributed by atoms with Crippen molar-refractivity contribution in [1.29, 1.82) is 0 Å². The summed E-state index contributed by atoms with van der Waals surface area (Å²) in [5, 5.41) is 2.87. The average Bonchev–Trinajstić information content (AvgIpc) is 2.97. The van der Waals surface area contributed by atoms with Crippen molar-refractivity contribution in [3.8, 4) is 5.75 Å². The van der Waals surface area contributed by atoms with Crippen molar-refractivity contribution in [3.05, 3.63) is 60.2 Å². The standard InChI is InChI=1S/C21H25N3O4S/c1-15(2)19(21(25)22-13-8-14-28-16-9-4-3-5-10-16)23-20-17-11-6-7-12-18(17)29(26,27)24-20/h3-7,9-12,15,19H,8,13-14H2,1-2H3,(H,22,25)(H,23,24)/t19-/m0/s1. The number of carbonyl (C=O) groups is 1. The number of fused-ring (bicyclic) bond motifs is 1. The van der Waals surface area contributed by atoms with Crippen molar-refractivity contribution in [2.24, 2.45) is 10.9 Å². The van der Waals surface area contributed by atoms with Gasteiger partial charge in [0, 0.05) is 12.1 Å². The minimum absolute atomic E-state index is 0.0969. The Balaban J connectivity index is 1.60. The van der Waals surface area contributed by atoms with Gasteiger partial charge in [0.05, 0.1) is 11.5 Å². The van der Waals surface area contributed by atoms with Crippen LogP contribution in [0.3, 0.4) is 0 Å². The molecule has 0 unspecified atom stereocenters. The zero-order valence-electron chi connectivity index (χ0n) is 16.5. The molecule has 7 nitrogen and oxygen atoms in total. The predicted molar refractivity (Wildman–Crippen MR) is 111 cm³/mol. The molecule has 1 heterocycles. The van der Waals surface area contributed by atoms with Crippen LogP contribution < -0.4 is 14.8 Å². The summed E-state index contributed by atoms with van der Waals surface area (Å²) < 4.78 is 32.5. The summed E-state index contributed by atoms with van der Waals surface area (Å²) in [6.45, 7) is 4.69. The van der Waals surface area contributed by atoms with Gasteiger partial charge in [0.1, 0.15) is 17.6 Å². The highest BCUT2D eigenvalue weighted by molar-refractivity contribution is 7.90. The first-order valence-corrected chi connectivity index (χ1v) is 11.0. The molecule has 2 N–H and O–H groups in total. The fraction of sp³-hybridized carbons (Fsp3) is 0.333. The second-order valence-electron chi connectivity index (χ2n) is 7.07. The average molecular weight is 416 g/mol. The molecule has 1 amide bonds. The van der Waals surface area contributed by atoms with E-state index in [1.807, 2.05) is 44.2 Å². The number of amidine groups is 1. The maximum atomic E-state index is 12.6. The molecule has 29 heavy (non-hydrogen) atoms. The quantitative estimate of drug-likeness (QED) is 0.647. The highest BCUT2D eigenvalue weighted by atomic mass is 32.2. The van der Waals surface area contributed by atoms with Gasteiger partial charge in [0.15, 0.2) is 0 Å². The Kier molecular flexibility index (Phi) is 6.53. The number of amides is 1. The number of carbonyl (C=O) groups excluding carboxylic acids is 1. The van der Waals surface area contributed by atoms with Crippen LogP contribution in [0.2, 0.25) is 0 Å². The summed E-state index contributed by atoms with van der Waals surface area (Å²) in [7, 11) is -3.63. The molecule has 154 valence electrons. The van der Waals surface area contributed by atoms with E-state index >= 15 is 0 Å². The topological polar surface area (TPSA) is 96.9 Å². The highest BCUT2D eigenvalue weighted by Gasteiger charge is 2.32. The van der Waals surface area contributed by atoms with Crippen LogP contribution in [-0.4, -0.2) is 39.4 Å². The lowest BCUT2D eigenvalue weighted by atomic mass is 10.0. The van der Waals surface area contributed by atoms with Gasteiger partial charge in [-0.05, 0) is 36.6 Å². The lowest BCUT2D eigenvalue weighted by molar-refractivity contribution is -0.123. The number of sulfonamides is 1. The Labute approximate surface area is 171 Å². The molecular weight excluding hydrogens is 390 g/mol. The van der Waals surface area contributed by atoms with Gasteiger partial charge in [-0.3, -0.25) is 14.5 Å². The lowest BCUT2D eigenvalue weighted by Gasteiger charge is -2.17. The van der Waals surface area contributed by atoms with Crippen molar-refractivity contribution in [3.63, 3.8) is 0 Å². The maximum absolute atomic E-state index is 12.6. The molecule has 3 rings (SSSR count). The van der Waals surface area contributed by atoms with Gasteiger partial charge in [0.25, 0.3) is 10.0 Å². The van der Waals surface area contributed by atoms with E-state index in [1.165, 1.54) is 6.07 Å². The fourth-order valence-electron chi connectivity index (χ4n) is 2.97. The lowest BCUT2D eigenvalue weighted by Crippen LogP contribution is -2.39. The second kappa shape index (κ2) is 9.09.